The molecule has 0 spiro atoms. The zero-order valence-corrected chi connectivity index (χ0v) is 17.1. The van der Waals surface area contributed by atoms with E-state index < -0.39 is 0 Å². The number of allylic oxidation sites excluding steroid dienone is 3. The molecule has 1 unspecified atom stereocenters. The van der Waals surface area contributed by atoms with Crippen molar-refractivity contribution >= 4 is 5.82 Å². The zero-order valence-electron chi connectivity index (χ0n) is 17.1. The van der Waals surface area contributed by atoms with E-state index in [4.69, 9.17) is 16.0 Å². The van der Waals surface area contributed by atoms with Crippen LogP contribution in [0, 0.1) is 0 Å². The molecular formula is C24H27N5O. The number of aromatic nitrogens is 2. The lowest BCUT2D eigenvalue weighted by Crippen LogP contribution is -2.24. The second kappa shape index (κ2) is 10.2. The second-order valence-electron chi connectivity index (χ2n) is 7.04. The lowest BCUT2D eigenvalue weighted by atomic mass is 10.1. The fourth-order valence-corrected chi connectivity index (χ4v) is 2.99. The zero-order chi connectivity index (χ0) is 21.3. The van der Waals surface area contributed by atoms with E-state index in [1.807, 2.05) is 36.4 Å². The summed E-state index contributed by atoms with van der Waals surface area (Å²) in [6.45, 7) is 6.46. The minimum Gasteiger partial charge on any atom is -0.399 e. The molecule has 0 fully saturated rings. The number of nitrogen functional groups attached to an aromatic ring is 1. The topological polar surface area (TPSA) is 103 Å². The second-order valence-corrected chi connectivity index (χ2v) is 7.04. The molecule has 0 saturated heterocycles. The van der Waals surface area contributed by atoms with Gasteiger partial charge in [-0.2, -0.15) is 0 Å². The van der Waals surface area contributed by atoms with Gasteiger partial charge in [0.1, 0.15) is 5.82 Å². The average Bonchev–Trinajstić information content (AvgIpc) is 3.20. The molecule has 1 atom stereocenters. The highest BCUT2D eigenvalue weighted by Gasteiger charge is 2.10. The normalized spacial score (nSPS) is 12.9. The molecule has 2 aromatic heterocycles. The number of benzene rings is 1. The van der Waals surface area contributed by atoms with E-state index in [2.05, 4.69) is 53.2 Å². The quantitative estimate of drug-likeness (QED) is 0.469. The minimum atomic E-state index is 0.160. The first-order chi connectivity index (χ1) is 14.5. The predicted octanol–water partition coefficient (Wildman–Crippen LogP) is 3.97. The molecule has 3 rings (SSSR count). The molecule has 154 valence electrons. The van der Waals surface area contributed by atoms with Crippen molar-refractivity contribution in [3.63, 3.8) is 0 Å². The third-order valence-electron chi connectivity index (χ3n) is 4.57. The summed E-state index contributed by atoms with van der Waals surface area (Å²) in [4.78, 5) is 4.08. The maximum atomic E-state index is 5.93. The van der Waals surface area contributed by atoms with E-state index in [9.17, 15) is 0 Å². The molecule has 6 nitrogen and oxygen atoms in total. The number of nitrogens with one attached hydrogen (secondary N) is 1. The van der Waals surface area contributed by atoms with Gasteiger partial charge in [0.2, 0.25) is 0 Å². The van der Waals surface area contributed by atoms with Crippen LogP contribution < -0.4 is 16.8 Å². The molecule has 2 heterocycles. The van der Waals surface area contributed by atoms with Gasteiger partial charge in [-0.3, -0.25) is 0 Å². The molecule has 3 aromatic rings. The summed E-state index contributed by atoms with van der Waals surface area (Å²) in [5, 5.41) is 7.60. The number of pyridine rings is 1. The Morgan fingerprint density at radius 3 is 2.73 bits per heavy atom. The summed E-state index contributed by atoms with van der Waals surface area (Å²) >= 11 is 0. The highest BCUT2D eigenvalue weighted by atomic mass is 16.5. The van der Waals surface area contributed by atoms with Crippen molar-refractivity contribution in [2.45, 2.75) is 25.9 Å². The largest absolute Gasteiger partial charge is 0.399 e. The SMILES string of the molecule is C=C/C=C\C(N)=C/C(C)NCc1ccc(Cc2cc(-c3cccnc3N)on2)cc1. The van der Waals surface area contributed by atoms with Gasteiger partial charge < -0.3 is 21.3 Å². The first-order valence-electron chi connectivity index (χ1n) is 9.79. The van der Waals surface area contributed by atoms with Crippen LogP contribution in [0.2, 0.25) is 0 Å². The van der Waals surface area contributed by atoms with E-state index in [1.165, 1.54) is 5.56 Å². The van der Waals surface area contributed by atoms with Gasteiger partial charge in [0, 0.05) is 37.0 Å². The Kier molecular flexibility index (Phi) is 7.19. The summed E-state index contributed by atoms with van der Waals surface area (Å²) in [7, 11) is 0. The summed E-state index contributed by atoms with van der Waals surface area (Å²) in [5.41, 5.74) is 16.5. The van der Waals surface area contributed by atoms with Gasteiger partial charge in [-0.25, -0.2) is 4.98 Å². The molecule has 0 amide bonds. The molecular weight excluding hydrogens is 374 g/mol. The Balaban J connectivity index is 1.56. The minimum absolute atomic E-state index is 0.160. The Morgan fingerprint density at radius 2 is 2.00 bits per heavy atom. The molecule has 0 aliphatic rings. The first-order valence-corrected chi connectivity index (χ1v) is 9.79. The van der Waals surface area contributed by atoms with E-state index in [-0.39, 0.29) is 6.04 Å². The van der Waals surface area contributed by atoms with Gasteiger partial charge in [0.05, 0.1) is 11.3 Å². The number of rotatable bonds is 9. The van der Waals surface area contributed by atoms with Crippen LogP contribution in [0.4, 0.5) is 5.82 Å². The van der Waals surface area contributed by atoms with Crippen LogP contribution in [0.3, 0.4) is 0 Å². The van der Waals surface area contributed by atoms with Gasteiger partial charge in [0.25, 0.3) is 0 Å². The third kappa shape index (κ3) is 5.93. The molecule has 0 aliphatic heterocycles. The van der Waals surface area contributed by atoms with Gasteiger partial charge in [-0.05, 0) is 42.3 Å². The van der Waals surface area contributed by atoms with Crippen LogP contribution in [0.1, 0.15) is 23.7 Å². The summed E-state index contributed by atoms with van der Waals surface area (Å²) in [5.74, 6) is 1.06. The fourth-order valence-electron chi connectivity index (χ4n) is 2.99. The Hall–Kier alpha value is -3.64. The number of nitrogens with two attached hydrogens (primary N) is 2. The van der Waals surface area contributed by atoms with Crippen molar-refractivity contribution in [2.75, 3.05) is 5.73 Å². The highest BCUT2D eigenvalue weighted by Crippen LogP contribution is 2.25. The van der Waals surface area contributed by atoms with Crippen LogP contribution in [-0.2, 0) is 13.0 Å². The smallest absolute Gasteiger partial charge is 0.170 e. The molecule has 5 N–H and O–H groups in total. The lowest BCUT2D eigenvalue weighted by Gasteiger charge is -2.11. The molecule has 0 saturated carbocycles. The van der Waals surface area contributed by atoms with Crippen LogP contribution in [0.15, 0.2) is 89.8 Å². The van der Waals surface area contributed by atoms with Gasteiger partial charge >= 0.3 is 0 Å². The van der Waals surface area contributed by atoms with Crippen LogP contribution in [0.25, 0.3) is 11.3 Å². The van der Waals surface area contributed by atoms with Gasteiger partial charge in [-0.15, -0.1) is 0 Å². The van der Waals surface area contributed by atoms with Crippen molar-refractivity contribution in [2.24, 2.45) is 5.73 Å². The van der Waals surface area contributed by atoms with Crippen molar-refractivity contribution in [3.8, 4) is 11.3 Å². The number of nitrogens with zero attached hydrogens (tertiary/aromatic N) is 2. The highest BCUT2D eigenvalue weighted by molar-refractivity contribution is 5.69. The van der Waals surface area contributed by atoms with Gasteiger partial charge in [0.15, 0.2) is 5.76 Å². The van der Waals surface area contributed by atoms with Crippen LogP contribution in [0.5, 0.6) is 0 Å². The van der Waals surface area contributed by atoms with Crippen molar-refractivity contribution in [1.29, 1.82) is 0 Å². The molecule has 0 radical (unpaired) electrons. The van der Waals surface area contributed by atoms with Crippen LogP contribution >= 0.6 is 0 Å². The maximum absolute atomic E-state index is 5.93. The van der Waals surface area contributed by atoms with Crippen LogP contribution in [-0.4, -0.2) is 16.2 Å². The molecule has 30 heavy (non-hydrogen) atoms. The number of anilines is 1. The summed E-state index contributed by atoms with van der Waals surface area (Å²) in [6, 6.07) is 14.2. The van der Waals surface area contributed by atoms with E-state index in [0.717, 1.165) is 23.4 Å². The Labute approximate surface area is 177 Å². The Bertz CT molecular complexity index is 1030. The Morgan fingerprint density at radius 1 is 1.23 bits per heavy atom. The van der Waals surface area contributed by atoms with E-state index in [1.54, 1.807) is 12.3 Å². The maximum Gasteiger partial charge on any atom is 0.170 e. The predicted molar refractivity (Wildman–Crippen MR) is 121 cm³/mol. The number of hydrogen-bond acceptors (Lipinski definition) is 6. The average molecular weight is 402 g/mol. The van der Waals surface area contributed by atoms with E-state index in [0.29, 0.717) is 23.7 Å². The third-order valence-corrected chi connectivity index (χ3v) is 4.57. The monoisotopic (exact) mass is 401 g/mol. The fraction of sp³-hybridized carbons (Fsp3) is 0.167. The first kappa shape index (κ1) is 21.1. The van der Waals surface area contributed by atoms with Gasteiger partial charge in [-0.1, -0.05) is 48.2 Å². The molecule has 0 aliphatic carbocycles. The van der Waals surface area contributed by atoms with Crippen molar-refractivity contribution in [1.82, 2.24) is 15.5 Å². The molecule has 0 bridgehead atoms. The number of hydrogen-bond donors (Lipinski definition) is 3. The lowest BCUT2D eigenvalue weighted by molar-refractivity contribution is 0.425. The standard InChI is InChI=1S/C24H27N5O/c1-3-4-6-20(25)13-17(2)28-16-19-10-8-18(9-11-19)14-21-15-23(30-29-21)22-7-5-12-27-24(22)26/h3-13,15,17,28H,1,14,16,25H2,2H3,(H2,26,27)/b6-4-,20-13+. The molecule has 6 heteroatoms. The summed E-state index contributed by atoms with van der Waals surface area (Å²) in [6.07, 6.45) is 9.67. The molecule has 1 aromatic carbocycles. The van der Waals surface area contributed by atoms with Crippen molar-refractivity contribution in [3.05, 3.63) is 102 Å². The summed E-state index contributed by atoms with van der Waals surface area (Å²) < 4.78 is 5.44. The van der Waals surface area contributed by atoms with Crippen molar-refractivity contribution < 1.29 is 4.52 Å². The van der Waals surface area contributed by atoms with E-state index >= 15 is 0 Å².